The first-order valence-corrected chi connectivity index (χ1v) is 4.61. The first-order chi connectivity index (χ1) is 5.33. The van der Waals surface area contributed by atoms with Gasteiger partial charge >= 0.3 is 0 Å². The highest BCUT2D eigenvalue weighted by molar-refractivity contribution is 5.87. The van der Waals surface area contributed by atoms with Crippen LogP contribution in [0.3, 0.4) is 0 Å². The Hall–Kier alpha value is -0.370. The topological polar surface area (TPSA) is 39.0 Å². The monoisotopic (exact) mass is 153 g/mol. The molecule has 11 heavy (non-hydrogen) atoms. The SMILES string of the molecule is CCCC(=O)[C@@H]1N[C@@H]1C1CC1. The molecule has 0 radical (unpaired) electrons. The minimum atomic E-state index is 0.252. The Morgan fingerprint density at radius 2 is 2.27 bits per heavy atom. The molecule has 2 heteroatoms. The summed E-state index contributed by atoms with van der Waals surface area (Å²) in [6.07, 6.45) is 4.44. The summed E-state index contributed by atoms with van der Waals surface area (Å²) in [5.74, 6) is 1.28. The lowest BCUT2D eigenvalue weighted by Crippen LogP contribution is -2.10. The first-order valence-electron chi connectivity index (χ1n) is 4.61. The van der Waals surface area contributed by atoms with Gasteiger partial charge in [0, 0.05) is 12.5 Å². The zero-order valence-electron chi connectivity index (χ0n) is 6.97. The summed E-state index contributed by atoms with van der Waals surface area (Å²) in [7, 11) is 0. The number of Topliss-reactive ketones (excluding diaryl/α,β-unsaturated/α-hetero) is 1. The number of carbonyl (C=O) groups excluding carboxylic acids is 1. The highest BCUT2D eigenvalue weighted by atomic mass is 16.1. The molecule has 0 spiro atoms. The zero-order valence-corrected chi connectivity index (χ0v) is 6.97. The molecule has 0 unspecified atom stereocenters. The quantitative estimate of drug-likeness (QED) is 0.614. The molecule has 1 aliphatic carbocycles. The normalized spacial score (nSPS) is 35.4. The van der Waals surface area contributed by atoms with Crippen molar-refractivity contribution in [2.45, 2.75) is 44.7 Å². The predicted molar refractivity (Wildman–Crippen MR) is 43.4 cm³/mol. The Morgan fingerprint density at radius 3 is 2.82 bits per heavy atom. The van der Waals surface area contributed by atoms with Gasteiger partial charge in [0.15, 0.2) is 5.78 Å². The summed E-state index contributed by atoms with van der Waals surface area (Å²) in [5, 5.41) is 3.27. The van der Waals surface area contributed by atoms with Crippen LogP contribution in [0, 0.1) is 5.92 Å². The van der Waals surface area contributed by atoms with E-state index in [1.54, 1.807) is 0 Å². The van der Waals surface area contributed by atoms with E-state index in [2.05, 4.69) is 12.2 Å². The van der Waals surface area contributed by atoms with Gasteiger partial charge in [-0.05, 0) is 25.2 Å². The van der Waals surface area contributed by atoms with Crippen LogP contribution in [0.5, 0.6) is 0 Å². The van der Waals surface area contributed by atoms with Crippen LogP contribution >= 0.6 is 0 Å². The second-order valence-electron chi connectivity index (χ2n) is 3.72. The fourth-order valence-corrected chi connectivity index (χ4v) is 1.71. The number of hydrogen-bond donors (Lipinski definition) is 1. The van der Waals surface area contributed by atoms with Gasteiger partial charge in [0.1, 0.15) is 0 Å². The van der Waals surface area contributed by atoms with Crippen molar-refractivity contribution in [2.24, 2.45) is 5.92 Å². The lowest BCUT2D eigenvalue weighted by Gasteiger charge is -1.92. The van der Waals surface area contributed by atoms with Crippen molar-refractivity contribution in [1.82, 2.24) is 5.32 Å². The Kier molecular flexibility index (Phi) is 1.72. The largest absolute Gasteiger partial charge is 0.301 e. The summed E-state index contributed by atoms with van der Waals surface area (Å²) in [6, 6.07) is 0.830. The molecule has 1 aliphatic heterocycles. The Morgan fingerprint density at radius 1 is 1.55 bits per heavy atom. The van der Waals surface area contributed by atoms with E-state index in [1.165, 1.54) is 12.8 Å². The van der Waals surface area contributed by atoms with Crippen molar-refractivity contribution in [3.8, 4) is 0 Å². The highest BCUT2D eigenvalue weighted by Gasteiger charge is 2.49. The lowest BCUT2D eigenvalue weighted by molar-refractivity contribution is -0.118. The molecule has 0 aromatic rings. The van der Waals surface area contributed by atoms with E-state index in [0.29, 0.717) is 11.8 Å². The second-order valence-corrected chi connectivity index (χ2v) is 3.72. The molecule has 2 rings (SSSR count). The molecule has 0 amide bonds. The molecule has 2 aliphatic rings. The van der Waals surface area contributed by atoms with Crippen LogP contribution < -0.4 is 5.32 Å². The van der Waals surface area contributed by atoms with E-state index in [4.69, 9.17) is 0 Å². The maximum Gasteiger partial charge on any atom is 0.151 e. The van der Waals surface area contributed by atoms with Gasteiger partial charge in [-0.25, -0.2) is 0 Å². The van der Waals surface area contributed by atoms with Crippen molar-refractivity contribution < 1.29 is 4.79 Å². The van der Waals surface area contributed by atoms with Gasteiger partial charge in [-0.2, -0.15) is 0 Å². The number of rotatable bonds is 4. The summed E-state index contributed by atoms with van der Waals surface area (Å²) in [6.45, 7) is 2.06. The minimum absolute atomic E-state index is 0.252. The standard InChI is InChI=1S/C9H15NO/c1-2-3-7(11)9-8(10-9)6-4-5-6/h6,8-10H,2-5H2,1H3/t8-,9+/m1/s1. The summed E-state index contributed by atoms with van der Waals surface area (Å²) >= 11 is 0. The summed E-state index contributed by atoms with van der Waals surface area (Å²) < 4.78 is 0. The van der Waals surface area contributed by atoms with Crippen molar-refractivity contribution in [1.29, 1.82) is 0 Å². The minimum Gasteiger partial charge on any atom is -0.301 e. The van der Waals surface area contributed by atoms with Gasteiger partial charge in [0.25, 0.3) is 0 Å². The molecule has 1 saturated heterocycles. The van der Waals surface area contributed by atoms with Gasteiger partial charge in [0.05, 0.1) is 6.04 Å². The van der Waals surface area contributed by atoms with Crippen LogP contribution in [0.2, 0.25) is 0 Å². The molecular formula is C9H15NO. The van der Waals surface area contributed by atoms with Gasteiger partial charge in [0.2, 0.25) is 0 Å². The van der Waals surface area contributed by atoms with Crippen molar-refractivity contribution >= 4 is 5.78 Å². The van der Waals surface area contributed by atoms with Gasteiger partial charge in [-0.15, -0.1) is 0 Å². The average molecular weight is 153 g/mol. The van der Waals surface area contributed by atoms with Crippen LogP contribution in [0.4, 0.5) is 0 Å². The molecule has 0 bridgehead atoms. The van der Waals surface area contributed by atoms with E-state index < -0.39 is 0 Å². The Bertz CT molecular complexity index is 174. The highest BCUT2D eigenvalue weighted by Crippen LogP contribution is 2.40. The molecule has 2 fully saturated rings. The second kappa shape index (κ2) is 2.59. The first kappa shape index (κ1) is 7.29. The van der Waals surface area contributed by atoms with E-state index >= 15 is 0 Å². The molecule has 62 valence electrons. The number of carbonyl (C=O) groups is 1. The fourth-order valence-electron chi connectivity index (χ4n) is 1.71. The van der Waals surface area contributed by atoms with Crippen LogP contribution in [0.25, 0.3) is 0 Å². The fraction of sp³-hybridized carbons (Fsp3) is 0.889. The molecule has 2 nitrogen and oxygen atoms in total. The third-order valence-electron chi connectivity index (χ3n) is 2.60. The van der Waals surface area contributed by atoms with Crippen LogP contribution in [0.1, 0.15) is 32.6 Å². The summed E-state index contributed by atoms with van der Waals surface area (Å²) in [5.41, 5.74) is 0. The molecule has 2 atom stereocenters. The third-order valence-corrected chi connectivity index (χ3v) is 2.60. The van der Waals surface area contributed by atoms with E-state index in [1.807, 2.05) is 0 Å². The van der Waals surface area contributed by atoms with E-state index in [0.717, 1.165) is 18.8 Å². The van der Waals surface area contributed by atoms with E-state index in [9.17, 15) is 4.79 Å². The number of ketones is 1. The van der Waals surface area contributed by atoms with Crippen molar-refractivity contribution in [3.05, 3.63) is 0 Å². The Labute approximate surface area is 67.4 Å². The van der Waals surface area contributed by atoms with Gasteiger partial charge in [-0.3, -0.25) is 4.79 Å². The van der Waals surface area contributed by atoms with Crippen molar-refractivity contribution in [2.75, 3.05) is 0 Å². The molecule has 0 aromatic carbocycles. The predicted octanol–water partition coefficient (Wildman–Crippen LogP) is 1.11. The van der Waals surface area contributed by atoms with Gasteiger partial charge in [-0.1, -0.05) is 6.92 Å². The maximum atomic E-state index is 11.3. The average Bonchev–Trinajstić information content (AvgIpc) is 2.83. The molecule has 1 N–H and O–H groups in total. The number of hydrogen-bond acceptors (Lipinski definition) is 2. The third kappa shape index (κ3) is 1.45. The van der Waals surface area contributed by atoms with Crippen LogP contribution in [-0.2, 0) is 4.79 Å². The van der Waals surface area contributed by atoms with Crippen molar-refractivity contribution in [3.63, 3.8) is 0 Å². The molecular weight excluding hydrogens is 138 g/mol. The molecule has 1 saturated carbocycles. The smallest absolute Gasteiger partial charge is 0.151 e. The van der Waals surface area contributed by atoms with E-state index in [-0.39, 0.29) is 6.04 Å². The lowest BCUT2D eigenvalue weighted by atomic mass is 10.1. The van der Waals surface area contributed by atoms with Crippen LogP contribution in [0.15, 0.2) is 0 Å². The maximum absolute atomic E-state index is 11.3. The Balaban J connectivity index is 1.76. The van der Waals surface area contributed by atoms with Crippen LogP contribution in [-0.4, -0.2) is 17.9 Å². The number of nitrogens with one attached hydrogen (secondary N) is 1. The molecule has 1 heterocycles. The summed E-state index contributed by atoms with van der Waals surface area (Å²) in [4.78, 5) is 11.3. The zero-order chi connectivity index (χ0) is 7.84. The molecule has 0 aromatic heterocycles. The van der Waals surface area contributed by atoms with Gasteiger partial charge < -0.3 is 5.32 Å².